The van der Waals surface area contributed by atoms with Gasteiger partial charge in [0.05, 0.1) is 13.1 Å². The molecule has 2 amide bonds. The quantitative estimate of drug-likeness (QED) is 0.353. The topological polar surface area (TPSA) is 77.1 Å². The molecule has 0 aliphatic carbocycles. The molecular formula is C28H28Cl2N2O5. The Labute approximate surface area is 226 Å². The predicted octanol–water partition coefficient (Wildman–Crippen LogP) is 6.84. The Morgan fingerprint density at radius 1 is 0.838 bits per heavy atom. The molecule has 4 rings (SSSR count). The number of nitrogens with zero attached hydrogens (tertiary/aromatic N) is 1. The second kappa shape index (κ2) is 11.3. The molecule has 0 radical (unpaired) electrons. The van der Waals surface area contributed by atoms with Crippen molar-refractivity contribution in [2.75, 3.05) is 11.9 Å². The minimum absolute atomic E-state index is 0.173. The van der Waals surface area contributed by atoms with E-state index in [1.807, 2.05) is 32.9 Å². The fourth-order valence-corrected chi connectivity index (χ4v) is 4.07. The first-order valence-electron chi connectivity index (χ1n) is 11.8. The van der Waals surface area contributed by atoms with Crippen LogP contribution in [0, 0.1) is 0 Å². The minimum atomic E-state index is -0.623. The molecule has 0 aromatic heterocycles. The Balaban J connectivity index is 1.50. The molecule has 0 spiro atoms. The van der Waals surface area contributed by atoms with Crippen molar-refractivity contribution in [1.82, 2.24) is 4.90 Å². The Morgan fingerprint density at radius 2 is 1.41 bits per heavy atom. The normalized spacial score (nSPS) is 12.6. The van der Waals surface area contributed by atoms with E-state index in [0.29, 0.717) is 46.9 Å². The Bertz CT molecular complexity index is 1270. The number of hydrogen-bond donors (Lipinski definition) is 1. The molecule has 37 heavy (non-hydrogen) atoms. The van der Waals surface area contributed by atoms with Crippen LogP contribution in [0.1, 0.15) is 37.5 Å². The molecule has 0 unspecified atom stereocenters. The standard InChI is InChI=1S/C28H28Cl2N2O5/c1-28(2,3)37-27(34)32-14-23-18(16-35-21-9-5-19(29)6-10-21)4-13-25(24(23)15-32)31-26(33)17-36-22-11-7-20(30)8-12-22/h4-13H,14-17H2,1-3H3,(H,31,33). The van der Waals surface area contributed by atoms with E-state index in [9.17, 15) is 9.59 Å². The maximum atomic E-state index is 12.8. The van der Waals surface area contributed by atoms with Crippen molar-refractivity contribution in [3.63, 3.8) is 0 Å². The third-order valence-electron chi connectivity index (χ3n) is 5.54. The summed E-state index contributed by atoms with van der Waals surface area (Å²) in [5.74, 6) is 0.894. The highest BCUT2D eigenvalue weighted by atomic mass is 35.5. The molecule has 1 aliphatic heterocycles. The zero-order valence-corrected chi connectivity index (χ0v) is 22.4. The summed E-state index contributed by atoms with van der Waals surface area (Å²) in [6.45, 7) is 6.23. The van der Waals surface area contributed by atoms with Gasteiger partial charge in [-0.25, -0.2) is 4.79 Å². The van der Waals surface area contributed by atoms with Crippen LogP contribution in [0.2, 0.25) is 10.0 Å². The van der Waals surface area contributed by atoms with Crippen molar-refractivity contribution < 1.29 is 23.8 Å². The van der Waals surface area contributed by atoms with E-state index in [0.717, 1.165) is 16.7 Å². The van der Waals surface area contributed by atoms with Crippen molar-refractivity contribution in [2.24, 2.45) is 0 Å². The van der Waals surface area contributed by atoms with Crippen molar-refractivity contribution in [1.29, 1.82) is 0 Å². The first-order chi connectivity index (χ1) is 17.6. The van der Waals surface area contributed by atoms with Gasteiger partial charge in [-0.2, -0.15) is 0 Å². The summed E-state index contributed by atoms with van der Waals surface area (Å²) < 4.78 is 17.1. The van der Waals surface area contributed by atoms with Crippen LogP contribution in [-0.2, 0) is 29.2 Å². The third-order valence-corrected chi connectivity index (χ3v) is 6.05. The molecule has 1 heterocycles. The molecule has 3 aromatic rings. The highest BCUT2D eigenvalue weighted by Gasteiger charge is 2.31. The van der Waals surface area contributed by atoms with Crippen molar-refractivity contribution in [3.8, 4) is 11.5 Å². The molecule has 194 valence electrons. The van der Waals surface area contributed by atoms with Crippen LogP contribution in [0.15, 0.2) is 60.7 Å². The van der Waals surface area contributed by atoms with E-state index in [-0.39, 0.29) is 12.5 Å². The summed E-state index contributed by atoms with van der Waals surface area (Å²) in [5.41, 5.74) is 2.65. The maximum absolute atomic E-state index is 12.8. The van der Waals surface area contributed by atoms with Crippen LogP contribution in [-0.4, -0.2) is 29.1 Å². The van der Waals surface area contributed by atoms with E-state index >= 15 is 0 Å². The molecule has 7 nitrogen and oxygen atoms in total. The second-order valence-corrected chi connectivity index (χ2v) is 10.5. The summed E-state index contributed by atoms with van der Waals surface area (Å²) in [7, 11) is 0. The SMILES string of the molecule is CC(C)(C)OC(=O)N1Cc2c(COc3ccc(Cl)cc3)ccc(NC(=O)COc3ccc(Cl)cc3)c2C1. The number of halogens is 2. The first-order valence-corrected chi connectivity index (χ1v) is 12.5. The first kappa shape index (κ1) is 26.6. The predicted molar refractivity (Wildman–Crippen MR) is 143 cm³/mol. The summed E-state index contributed by atoms with van der Waals surface area (Å²) >= 11 is 11.9. The number of nitrogens with one attached hydrogen (secondary N) is 1. The van der Waals surface area contributed by atoms with Crippen LogP contribution >= 0.6 is 23.2 Å². The van der Waals surface area contributed by atoms with Gasteiger partial charge >= 0.3 is 6.09 Å². The van der Waals surface area contributed by atoms with Gasteiger partial charge in [-0.15, -0.1) is 0 Å². The van der Waals surface area contributed by atoms with Crippen molar-refractivity contribution in [3.05, 3.63) is 87.4 Å². The van der Waals surface area contributed by atoms with Crippen LogP contribution in [0.5, 0.6) is 11.5 Å². The fraction of sp³-hybridized carbons (Fsp3) is 0.286. The number of ether oxygens (including phenoxy) is 3. The number of benzene rings is 3. The lowest BCUT2D eigenvalue weighted by atomic mass is 10.0. The molecule has 0 fully saturated rings. The fourth-order valence-electron chi connectivity index (χ4n) is 3.82. The molecule has 9 heteroatoms. The van der Waals surface area contributed by atoms with Gasteiger partial charge in [0.15, 0.2) is 6.61 Å². The number of anilines is 1. The van der Waals surface area contributed by atoms with Gasteiger partial charge in [0, 0.05) is 21.3 Å². The number of fused-ring (bicyclic) bond motifs is 1. The number of carbonyl (C=O) groups is 2. The highest BCUT2D eigenvalue weighted by Crippen LogP contribution is 2.34. The van der Waals surface area contributed by atoms with Gasteiger partial charge < -0.3 is 19.5 Å². The van der Waals surface area contributed by atoms with Gasteiger partial charge in [0.25, 0.3) is 5.91 Å². The largest absolute Gasteiger partial charge is 0.489 e. The molecular weight excluding hydrogens is 515 g/mol. The van der Waals surface area contributed by atoms with E-state index in [1.165, 1.54) is 0 Å². The maximum Gasteiger partial charge on any atom is 0.410 e. The van der Waals surface area contributed by atoms with Gasteiger partial charge in [-0.3, -0.25) is 9.69 Å². The second-order valence-electron chi connectivity index (χ2n) is 9.60. The van der Waals surface area contributed by atoms with E-state index < -0.39 is 11.7 Å². The number of carbonyl (C=O) groups excluding carboxylic acids is 2. The van der Waals surface area contributed by atoms with Crippen LogP contribution < -0.4 is 14.8 Å². The summed E-state index contributed by atoms with van der Waals surface area (Å²) in [6, 6.07) is 17.6. The van der Waals surface area contributed by atoms with Crippen LogP contribution in [0.4, 0.5) is 10.5 Å². The summed E-state index contributed by atoms with van der Waals surface area (Å²) in [4.78, 5) is 27.1. The molecule has 0 saturated heterocycles. The number of amides is 2. The summed E-state index contributed by atoms with van der Waals surface area (Å²) in [5, 5.41) is 4.13. The number of hydrogen-bond acceptors (Lipinski definition) is 5. The van der Waals surface area contributed by atoms with E-state index in [1.54, 1.807) is 53.4 Å². The van der Waals surface area contributed by atoms with Crippen LogP contribution in [0.3, 0.4) is 0 Å². The Hall–Kier alpha value is -3.42. The van der Waals surface area contributed by atoms with Gasteiger partial charge in [0.2, 0.25) is 0 Å². The lowest BCUT2D eigenvalue weighted by molar-refractivity contribution is -0.118. The molecule has 0 atom stereocenters. The Morgan fingerprint density at radius 3 is 2.00 bits per heavy atom. The van der Waals surface area contributed by atoms with Crippen molar-refractivity contribution in [2.45, 2.75) is 46.1 Å². The van der Waals surface area contributed by atoms with Gasteiger partial charge in [0.1, 0.15) is 23.7 Å². The Kier molecular flexibility index (Phi) is 8.15. The van der Waals surface area contributed by atoms with Gasteiger partial charge in [-0.1, -0.05) is 29.3 Å². The molecule has 1 N–H and O–H groups in total. The van der Waals surface area contributed by atoms with Crippen LogP contribution in [0.25, 0.3) is 0 Å². The smallest absolute Gasteiger partial charge is 0.410 e. The zero-order chi connectivity index (χ0) is 26.6. The number of rotatable bonds is 7. The lowest BCUT2D eigenvalue weighted by Gasteiger charge is -2.24. The highest BCUT2D eigenvalue weighted by molar-refractivity contribution is 6.30. The van der Waals surface area contributed by atoms with Gasteiger partial charge in [-0.05, 0) is 86.5 Å². The average molecular weight is 543 g/mol. The summed E-state index contributed by atoms with van der Waals surface area (Å²) in [6.07, 6.45) is -0.420. The lowest BCUT2D eigenvalue weighted by Crippen LogP contribution is -2.33. The molecule has 3 aromatic carbocycles. The molecule has 1 aliphatic rings. The monoisotopic (exact) mass is 542 g/mol. The zero-order valence-electron chi connectivity index (χ0n) is 20.8. The van der Waals surface area contributed by atoms with E-state index in [4.69, 9.17) is 37.4 Å². The third kappa shape index (κ3) is 7.31. The molecule has 0 bridgehead atoms. The molecule has 0 saturated carbocycles. The van der Waals surface area contributed by atoms with Crippen molar-refractivity contribution >= 4 is 40.9 Å². The minimum Gasteiger partial charge on any atom is -0.489 e. The van der Waals surface area contributed by atoms with E-state index in [2.05, 4.69) is 5.32 Å². The average Bonchev–Trinajstić information content (AvgIpc) is 3.30.